The quantitative estimate of drug-likeness (QED) is 0.385. The summed E-state index contributed by atoms with van der Waals surface area (Å²) in [4.78, 5) is 0. The van der Waals surface area contributed by atoms with Crippen molar-refractivity contribution in [3.63, 3.8) is 0 Å². The summed E-state index contributed by atoms with van der Waals surface area (Å²) in [5.74, 6) is 3.18. The molecule has 0 N–H and O–H groups in total. The Hall–Kier alpha value is -2.07. The highest BCUT2D eigenvalue weighted by Gasteiger charge is 2.30. The topological polar surface area (TPSA) is 9.23 Å². The maximum Gasteiger partial charge on any atom is 0.573 e. The van der Waals surface area contributed by atoms with E-state index in [1.165, 1.54) is 12.1 Å². The highest BCUT2D eigenvalue weighted by Crippen LogP contribution is 2.23. The lowest BCUT2D eigenvalue weighted by Gasteiger charge is -2.08. The first kappa shape index (κ1) is 16.3. The zero-order valence-corrected chi connectivity index (χ0v) is 12.2. The summed E-state index contributed by atoms with van der Waals surface area (Å²) in [6, 6.07) is 6.55. The van der Waals surface area contributed by atoms with E-state index in [4.69, 9.17) is 0 Å². The fourth-order valence-electron chi connectivity index (χ4n) is 1.53. The minimum absolute atomic E-state index is 0.0124. The fraction of sp³-hybridized carbons (Fsp3) is 0.0667. The molecule has 0 fully saturated rings. The second kappa shape index (κ2) is 6.36. The summed E-state index contributed by atoms with van der Waals surface area (Å²) >= 11 is 2.94. The molecule has 0 saturated carbocycles. The molecule has 22 heavy (non-hydrogen) atoms. The number of hydrogen-bond donors (Lipinski definition) is 0. The highest BCUT2D eigenvalue weighted by molar-refractivity contribution is 9.10. The van der Waals surface area contributed by atoms with Gasteiger partial charge in [0.05, 0.1) is 4.47 Å². The van der Waals surface area contributed by atoms with Crippen LogP contribution < -0.4 is 4.74 Å². The van der Waals surface area contributed by atoms with Gasteiger partial charge in [0.25, 0.3) is 0 Å². The lowest BCUT2D eigenvalue weighted by atomic mass is 10.1. The van der Waals surface area contributed by atoms with Crippen LogP contribution in [0.1, 0.15) is 11.1 Å². The Morgan fingerprint density at radius 1 is 0.955 bits per heavy atom. The van der Waals surface area contributed by atoms with E-state index in [-0.39, 0.29) is 15.8 Å². The number of benzene rings is 2. The Kier molecular flexibility index (Phi) is 4.71. The SMILES string of the molecule is Fc1cc(F)c(Br)c(C#Cc2ccc(OC(F)(F)F)cc2)c1. The summed E-state index contributed by atoms with van der Waals surface area (Å²) in [5, 5.41) is 0. The third-order valence-electron chi connectivity index (χ3n) is 2.42. The standard InChI is InChI=1S/C15H6BrF5O/c16-14-10(7-11(17)8-13(14)18)4-1-9-2-5-12(6-3-9)22-15(19,20)21/h2-3,5-8H. The fourth-order valence-corrected chi connectivity index (χ4v) is 1.85. The van der Waals surface area contributed by atoms with E-state index in [0.29, 0.717) is 11.6 Å². The van der Waals surface area contributed by atoms with E-state index in [1.54, 1.807) is 0 Å². The highest BCUT2D eigenvalue weighted by atomic mass is 79.9. The maximum atomic E-state index is 13.3. The van der Waals surface area contributed by atoms with E-state index in [1.807, 2.05) is 0 Å². The Balaban J connectivity index is 2.22. The molecule has 0 bridgehead atoms. The summed E-state index contributed by atoms with van der Waals surface area (Å²) in [6.07, 6.45) is -4.77. The second-order valence-corrected chi connectivity index (χ2v) is 4.86. The lowest BCUT2D eigenvalue weighted by molar-refractivity contribution is -0.274. The van der Waals surface area contributed by atoms with Gasteiger partial charge in [-0.25, -0.2) is 8.78 Å². The summed E-state index contributed by atoms with van der Waals surface area (Å²) in [6.45, 7) is 0. The molecule has 0 aromatic heterocycles. The molecule has 1 nitrogen and oxygen atoms in total. The maximum absolute atomic E-state index is 13.3. The van der Waals surface area contributed by atoms with Crippen LogP contribution in [-0.4, -0.2) is 6.36 Å². The van der Waals surface area contributed by atoms with E-state index in [0.717, 1.165) is 18.2 Å². The molecule has 0 atom stereocenters. The summed E-state index contributed by atoms with van der Waals surface area (Å²) in [5.41, 5.74) is 0.458. The van der Waals surface area contributed by atoms with Gasteiger partial charge in [0.2, 0.25) is 0 Å². The van der Waals surface area contributed by atoms with Gasteiger partial charge >= 0.3 is 6.36 Å². The average Bonchev–Trinajstić information content (AvgIpc) is 2.41. The van der Waals surface area contributed by atoms with Crippen LogP contribution in [0, 0.1) is 23.5 Å². The van der Waals surface area contributed by atoms with Crippen molar-refractivity contribution in [3.05, 3.63) is 63.6 Å². The Labute approximate surface area is 130 Å². The molecular formula is C15H6BrF5O. The number of halogens is 6. The monoisotopic (exact) mass is 376 g/mol. The number of hydrogen-bond acceptors (Lipinski definition) is 1. The molecule has 0 aliphatic carbocycles. The van der Waals surface area contributed by atoms with Crippen molar-refractivity contribution in [3.8, 4) is 17.6 Å². The van der Waals surface area contributed by atoms with Crippen LogP contribution >= 0.6 is 15.9 Å². The minimum Gasteiger partial charge on any atom is -0.406 e. The van der Waals surface area contributed by atoms with Crippen molar-refractivity contribution in [2.75, 3.05) is 0 Å². The van der Waals surface area contributed by atoms with Crippen molar-refractivity contribution >= 4 is 15.9 Å². The van der Waals surface area contributed by atoms with Crippen LogP contribution in [0.2, 0.25) is 0 Å². The second-order valence-electron chi connectivity index (χ2n) is 4.07. The van der Waals surface area contributed by atoms with Gasteiger partial charge in [-0.15, -0.1) is 13.2 Å². The van der Waals surface area contributed by atoms with E-state index in [2.05, 4.69) is 32.5 Å². The van der Waals surface area contributed by atoms with Crippen molar-refractivity contribution in [2.45, 2.75) is 6.36 Å². The first-order chi connectivity index (χ1) is 10.2. The summed E-state index contributed by atoms with van der Waals surface area (Å²) < 4.78 is 66.1. The number of ether oxygens (including phenoxy) is 1. The van der Waals surface area contributed by atoms with Crippen LogP contribution in [0.25, 0.3) is 0 Å². The van der Waals surface area contributed by atoms with E-state index in [9.17, 15) is 22.0 Å². The predicted octanol–water partition coefficient (Wildman–Crippen LogP) is 5.03. The Morgan fingerprint density at radius 3 is 2.18 bits per heavy atom. The normalized spacial score (nSPS) is 10.8. The molecule has 0 aliphatic rings. The third kappa shape index (κ3) is 4.46. The largest absolute Gasteiger partial charge is 0.573 e. The molecule has 0 amide bonds. The Morgan fingerprint density at radius 2 is 1.59 bits per heavy atom. The average molecular weight is 377 g/mol. The van der Waals surface area contributed by atoms with Gasteiger partial charge in [0, 0.05) is 17.2 Å². The van der Waals surface area contributed by atoms with Gasteiger partial charge in [-0.3, -0.25) is 0 Å². The van der Waals surface area contributed by atoms with Gasteiger partial charge in [0.15, 0.2) is 0 Å². The van der Waals surface area contributed by atoms with Gasteiger partial charge < -0.3 is 4.74 Å². The van der Waals surface area contributed by atoms with Crippen molar-refractivity contribution in [1.29, 1.82) is 0 Å². The lowest BCUT2D eigenvalue weighted by Crippen LogP contribution is -2.16. The van der Waals surface area contributed by atoms with Crippen LogP contribution in [0.3, 0.4) is 0 Å². The molecule has 2 rings (SSSR count). The zero-order chi connectivity index (χ0) is 16.3. The summed E-state index contributed by atoms with van der Waals surface area (Å²) in [7, 11) is 0. The zero-order valence-electron chi connectivity index (χ0n) is 10.6. The van der Waals surface area contributed by atoms with Crippen LogP contribution in [-0.2, 0) is 0 Å². The van der Waals surface area contributed by atoms with Gasteiger partial charge in [-0.05, 0) is 46.3 Å². The van der Waals surface area contributed by atoms with Gasteiger partial charge in [-0.2, -0.15) is 0 Å². The molecule has 0 radical (unpaired) electrons. The molecule has 2 aromatic rings. The first-order valence-corrected chi connectivity index (χ1v) is 6.56. The first-order valence-electron chi connectivity index (χ1n) is 5.77. The van der Waals surface area contributed by atoms with Crippen LogP contribution in [0.15, 0.2) is 40.9 Å². The Bertz CT molecular complexity index is 741. The van der Waals surface area contributed by atoms with Crippen molar-refractivity contribution in [2.24, 2.45) is 0 Å². The van der Waals surface area contributed by atoms with Crippen molar-refractivity contribution < 1.29 is 26.7 Å². The molecule has 0 spiro atoms. The smallest absolute Gasteiger partial charge is 0.406 e. The molecule has 0 unspecified atom stereocenters. The number of rotatable bonds is 1. The van der Waals surface area contributed by atoms with E-state index < -0.39 is 18.0 Å². The molecule has 0 aliphatic heterocycles. The number of alkyl halides is 3. The van der Waals surface area contributed by atoms with Gasteiger partial charge in [0.1, 0.15) is 17.4 Å². The predicted molar refractivity (Wildman–Crippen MR) is 73.2 cm³/mol. The molecule has 2 aromatic carbocycles. The molecule has 114 valence electrons. The van der Waals surface area contributed by atoms with Crippen LogP contribution in [0.5, 0.6) is 5.75 Å². The third-order valence-corrected chi connectivity index (χ3v) is 3.23. The molecule has 0 saturated heterocycles. The molecular weight excluding hydrogens is 371 g/mol. The van der Waals surface area contributed by atoms with Crippen molar-refractivity contribution in [1.82, 2.24) is 0 Å². The molecule has 7 heteroatoms. The van der Waals surface area contributed by atoms with Gasteiger partial charge in [-0.1, -0.05) is 11.8 Å². The van der Waals surface area contributed by atoms with Crippen LogP contribution in [0.4, 0.5) is 22.0 Å². The molecule has 0 heterocycles. The van der Waals surface area contributed by atoms with E-state index >= 15 is 0 Å². The minimum atomic E-state index is -4.77.